The molecule has 0 atom stereocenters. The summed E-state index contributed by atoms with van der Waals surface area (Å²) < 4.78 is 31.8. The van der Waals surface area contributed by atoms with Gasteiger partial charge in [0, 0.05) is 22.2 Å². The molecular formula is C24H23F2N3O3. The monoisotopic (exact) mass is 439 g/mol. The molecule has 2 aromatic carbocycles. The van der Waals surface area contributed by atoms with Crippen LogP contribution >= 0.6 is 0 Å². The number of hydrogen-bond acceptors (Lipinski definition) is 3. The van der Waals surface area contributed by atoms with E-state index in [4.69, 9.17) is 0 Å². The average Bonchev–Trinajstić information content (AvgIpc) is 3.30. The number of hydrogen-bond donors (Lipinski definition) is 3. The molecule has 2 aromatic heterocycles. The van der Waals surface area contributed by atoms with Gasteiger partial charge < -0.3 is 14.8 Å². The highest BCUT2D eigenvalue weighted by molar-refractivity contribution is 6.00. The standard InChI is InChI=1S/C24H23F2N3O3/c1-11(2)22-18(14-8-24(32,9-14)23(30)31)19-17(7-13-10-27-28-21(13)20(19)26)29(22)15-4-5-16(25)12(3)6-15/h4-7,10-11,14,32H,8-9H2,1-3H3,(H,27,28)(H,30,31). The van der Waals surface area contributed by atoms with Crippen LogP contribution in [0, 0.1) is 18.6 Å². The summed E-state index contributed by atoms with van der Waals surface area (Å²) >= 11 is 0. The second-order valence-corrected chi connectivity index (χ2v) is 9.08. The molecular weight excluding hydrogens is 416 g/mol. The van der Waals surface area contributed by atoms with Crippen molar-refractivity contribution in [2.75, 3.05) is 0 Å². The van der Waals surface area contributed by atoms with Crippen LogP contribution in [0.5, 0.6) is 0 Å². The second-order valence-electron chi connectivity index (χ2n) is 9.08. The number of fused-ring (bicyclic) bond motifs is 2. The largest absolute Gasteiger partial charge is 0.479 e. The summed E-state index contributed by atoms with van der Waals surface area (Å²) in [5.74, 6) is -2.43. The molecule has 0 aliphatic heterocycles. The number of aromatic nitrogens is 3. The maximum absolute atomic E-state index is 15.8. The summed E-state index contributed by atoms with van der Waals surface area (Å²) in [7, 11) is 0. The Morgan fingerprint density at radius 2 is 2.00 bits per heavy atom. The number of aliphatic carboxylic acids is 1. The number of rotatable bonds is 4. The molecule has 2 heterocycles. The Balaban J connectivity index is 1.86. The van der Waals surface area contributed by atoms with Crippen LogP contribution in [0.25, 0.3) is 27.5 Å². The normalized spacial score (nSPS) is 20.9. The van der Waals surface area contributed by atoms with E-state index in [1.165, 1.54) is 6.07 Å². The predicted molar refractivity (Wildman–Crippen MR) is 116 cm³/mol. The highest BCUT2D eigenvalue weighted by atomic mass is 19.1. The Morgan fingerprint density at radius 1 is 1.28 bits per heavy atom. The number of H-pyrrole nitrogens is 1. The van der Waals surface area contributed by atoms with Gasteiger partial charge in [-0.3, -0.25) is 5.10 Å². The quantitative estimate of drug-likeness (QED) is 0.421. The number of aromatic amines is 1. The third-order valence-electron chi connectivity index (χ3n) is 6.60. The van der Waals surface area contributed by atoms with Crippen molar-refractivity contribution in [1.29, 1.82) is 0 Å². The average molecular weight is 439 g/mol. The summed E-state index contributed by atoms with van der Waals surface area (Å²) in [6.07, 6.45) is 1.56. The molecule has 1 aliphatic rings. The first-order valence-electron chi connectivity index (χ1n) is 10.5. The molecule has 0 saturated heterocycles. The van der Waals surface area contributed by atoms with Gasteiger partial charge in [0.2, 0.25) is 0 Å². The molecule has 3 N–H and O–H groups in total. The van der Waals surface area contributed by atoms with Crippen molar-refractivity contribution in [2.45, 2.75) is 51.0 Å². The van der Waals surface area contributed by atoms with Crippen LogP contribution in [0.15, 0.2) is 30.5 Å². The zero-order valence-electron chi connectivity index (χ0n) is 17.9. The van der Waals surface area contributed by atoms with Crippen molar-refractivity contribution < 1.29 is 23.8 Å². The maximum atomic E-state index is 15.8. The lowest BCUT2D eigenvalue weighted by Crippen LogP contribution is -2.49. The molecule has 1 fully saturated rings. The fourth-order valence-corrected chi connectivity index (χ4v) is 5.01. The van der Waals surface area contributed by atoms with Crippen molar-refractivity contribution in [3.05, 3.63) is 58.9 Å². The number of aryl methyl sites for hydroxylation is 1. The molecule has 0 bridgehead atoms. The number of nitrogens with one attached hydrogen (secondary N) is 1. The zero-order valence-corrected chi connectivity index (χ0v) is 17.9. The van der Waals surface area contributed by atoms with Crippen LogP contribution in [0.2, 0.25) is 0 Å². The first kappa shape index (κ1) is 20.6. The third-order valence-corrected chi connectivity index (χ3v) is 6.60. The Hall–Kier alpha value is -3.26. The number of benzene rings is 2. The highest BCUT2D eigenvalue weighted by Crippen LogP contribution is 2.51. The van der Waals surface area contributed by atoms with Gasteiger partial charge in [-0.15, -0.1) is 0 Å². The lowest BCUT2D eigenvalue weighted by molar-refractivity contribution is -0.169. The smallest absolute Gasteiger partial charge is 0.335 e. The minimum Gasteiger partial charge on any atom is -0.479 e. The maximum Gasteiger partial charge on any atom is 0.335 e. The summed E-state index contributed by atoms with van der Waals surface area (Å²) in [5.41, 5.74) is 1.74. The molecule has 0 amide bonds. The van der Waals surface area contributed by atoms with Crippen molar-refractivity contribution in [1.82, 2.24) is 14.8 Å². The van der Waals surface area contributed by atoms with E-state index >= 15 is 4.39 Å². The van der Waals surface area contributed by atoms with Crippen LogP contribution < -0.4 is 0 Å². The van der Waals surface area contributed by atoms with Gasteiger partial charge in [0.1, 0.15) is 11.3 Å². The van der Waals surface area contributed by atoms with Crippen LogP contribution in [0.4, 0.5) is 8.78 Å². The van der Waals surface area contributed by atoms with Crippen molar-refractivity contribution in [2.24, 2.45) is 0 Å². The predicted octanol–water partition coefficient (Wildman–Crippen LogP) is 4.91. The van der Waals surface area contributed by atoms with Gasteiger partial charge in [0.15, 0.2) is 11.4 Å². The number of carbonyl (C=O) groups is 1. The van der Waals surface area contributed by atoms with Gasteiger partial charge in [-0.25, -0.2) is 13.6 Å². The van der Waals surface area contributed by atoms with Gasteiger partial charge in [0.05, 0.1) is 11.7 Å². The molecule has 4 aromatic rings. The number of halogens is 2. The molecule has 6 nitrogen and oxygen atoms in total. The lowest BCUT2D eigenvalue weighted by Gasteiger charge is -2.41. The molecule has 1 saturated carbocycles. The molecule has 1 aliphatic carbocycles. The van der Waals surface area contributed by atoms with Crippen molar-refractivity contribution in [3.63, 3.8) is 0 Å². The summed E-state index contributed by atoms with van der Waals surface area (Å²) in [4.78, 5) is 11.5. The fraction of sp³-hybridized carbons (Fsp3) is 0.333. The first-order chi connectivity index (χ1) is 15.1. The number of aliphatic hydroxyl groups is 1. The van der Waals surface area contributed by atoms with Gasteiger partial charge >= 0.3 is 5.97 Å². The Morgan fingerprint density at radius 3 is 2.62 bits per heavy atom. The van der Waals surface area contributed by atoms with Gasteiger partial charge in [-0.1, -0.05) is 13.8 Å². The molecule has 0 unspecified atom stereocenters. The molecule has 0 radical (unpaired) electrons. The molecule has 8 heteroatoms. The SMILES string of the molecule is Cc1cc(-n2c(C(C)C)c(C3CC(O)(C(=O)O)C3)c3c(F)c4[nH]ncc4cc32)ccc1F. The van der Waals surface area contributed by atoms with Gasteiger partial charge in [-0.05, 0) is 67.0 Å². The van der Waals surface area contributed by atoms with E-state index in [9.17, 15) is 19.4 Å². The van der Waals surface area contributed by atoms with E-state index in [2.05, 4.69) is 10.2 Å². The van der Waals surface area contributed by atoms with E-state index in [0.717, 1.165) is 5.69 Å². The first-order valence-corrected chi connectivity index (χ1v) is 10.5. The van der Waals surface area contributed by atoms with Crippen molar-refractivity contribution >= 4 is 27.8 Å². The molecule has 32 heavy (non-hydrogen) atoms. The summed E-state index contributed by atoms with van der Waals surface area (Å²) in [5, 5.41) is 27.4. The summed E-state index contributed by atoms with van der Waals surface area (Å²) in [6.45, 7) is 5.64. The third kappa shape index (κ3) is 2.79. The van der Waals surface area contributed by atoms with Crippen LogP contribution in [0.1, 0.15) is 55.3 Å². The van der Waals surface area contributed by atoms with E-state index in [0.29, 0.717) is 33.1 Å². The Kier molecular flexibility index (Phi) is 4.43. The molecule has 166 valence electrons. The number of carboxylic acid groups (broad SMARTS) is 1. The molecule has 0 spiro atoms. The van der Waals surface area contributed by atoms with Crippen LogP contribution in [-0.4, -0.2) is 36.5 Å². The highest BCUT2D eigenvalue weighted by Gasteiger charge is 2.51. The fourth-order valence-electron chi connectivity index (χ4n) is 5.01. The van der Waals surface area contributed by atoms with Crippen molar-refractivity contribution in [3.8, 4) is 5.69 Å². The minimum atomic E-state index is -1.81. The van der Waals surface area contributed by atoms with E-state index in [1.54, 1.807) is 25.3 Å². The van der Waals surface area contributed by atoms with E-state index < -0.39 is 17.4 Å². The number of nitrogens with zero attached hydrogens (tertiary/aromatic N) is 2. The lowest BCUT2D eigenvalue weighted by atomic mass is 9.66. The topological polar surface area (TPSA) is 91.1 Å². The van der Waals surface area contributed by atoms with Gasteiger partial charge in [0.25, 0.3) is 0 Å². The van der Waals surface area contributed by atoms with Gasteiger partial charge in [-0.2, -0.15) is 5.10 Å². The number of carboxylic acids is 1. The van der Waals surface area contributed by atoms with E-state index in [-0.39, 0.29) is 36.0 Å². The van der Waals surface area contributed by atoms with E-state index in [1.807, 2.05) is 24.5 Å². The Bertz CT molecular complexity index is 1400. The Labute approximate surface area is 182 Å². The summed E-state index contributed by atoms with van der Waals surface area (Å²) in [6, 6.07) is 6.60. The van der Waals surface area contributed by atoms with Crippen LogP contribution in [0.3, 0.4) is 0 Å². The molecule has 5 rings (SSSR count). The van der Waals surface area contributed by atoms with Crippen LogP contribution in [-0.2, 0) is 4.79 Å². The minimum absolute atomic E-state index is 0.00403. The second kappa shape index (κ2) is 6.87. The zero-order chi connectivity index (χ0) is 22.9.